The molecule has 1 aromatic rings. The van der Waals surface area contributed by atoms with E-state index in [4.69, 9.17) is 9.47 Å². The van der Waals surface area contributed by atoms with Crippen molar-refractivity contribution in [1.29, 1.82) is 0 Å². The minimum absolute atomic E-state index is 0.0843. The summed E-state index contributed by atoms with van der Waals surface area (Å²) in [6.07, 6.45) is 3.74. The zero-order valence-electron chi connectivity index (χ0n) is 23.2. The number of anilines is 2. The molecule has 3 aliphatic heterocycles. The molecule has 2 unspecified atom stereocenters. The van der Waals surface area contributed by atoms with Gasteiger partial charge in [0.2, 0.25) is 11.8 Å². The lowest BCUT2D eigenvalue weighted by atomic mass is 9.65. The summed E-state index contributed by atoms with van der Waals surface area (Å²) in [5.74, 6) is -2.38. The normalized spacial score (nSPS) is 29.4. The molecule has 0 aromatic heterocycles. The van der Waals surface area contributed by atoms with Crippen LogP contribution in [0, 0.1) is 11.8 Å². The third-order valence-electron chi connectivity index (χ3n) is 8.79. The van der Waals surface area contributed by atoms with Crippen LogP contribution in [0.25, 0.3) is 0 Å². The van der Waals surface area contributed by atoms with E-state index in [9.17, 15) is 19.5 Å². The van der Waals surface area contributed by atoms with Gasteiger partial charge in [0.05, 0.1) is 18.1 Å². The molecule has 5 atom stereocenters. The third-order valence-corrected chi connectivity index (χ3v) is 8.79. The molecule has 4 rings (SSSR count). The molecule has 1 spiro atoms. The molecule has 0 saturated carbocycles. The molecule has 210 valence electrons. The molecule has 3 heterocycles. The maximum absolute atomic E-state index is 14.0. The zero-order valence-corrected chi connectivity index (χ0v) is 23.2. The van der Waals surface area contributed by atoms with Gasteiger partial charge in [-0.3, -0.25) is 14.4 Å². The summed E-state index contributed by atoms with van der Waals surface area (Å²) in [5.41, 5.74) is -0.127. The highest BCUT2D eigenvalue weighted by atomic mass is 16.6. The SMILES string of the molecule is CCOC(=O)[C@H]1[C@H]2C(=O)N(CCCCCO)C(C(=O)Nc3ccc(N(CC)CC)cc3)C23CC[C@]1(CC)O3. The number of unbranched alkanes of at least 4 members (excludes halogenated alkanes) is 2. The predicted molar refractivity (Wildman–Crippen MR) is 145 cm³/mol. The number of esters is 1. The molecule has 0 radical (unpaired) electrons. The number of nitrogens with zero attached hydrogens (tertiary/aromatic N) is 2. The quantitative estimate of drug-likeness (QED) is 0.298. The van der Waals surface area contributed by atoms with Crippen LogP contribution in [0.2, 0.25) is 0 Å². The standard InChI is InChI=1S/C29H43N3O6/c1-5-28-16-17-29(38-28)22(23(28)27(36)37-8-4)26(35)32(18-10-9-11-19-33)24(29)25(34)30-20-12-14-21(15-13-20)31(6-2)7-3/h12-15,22-24,33H,5-11,16-19H2,1-4H3,(H,30,34)/t22-,23+,24?,28-,29?/m0/s1. The van der Waals surface area contributed by atoms with Crippen molar-refractivity contribution in [3.8, 4) is 0 Å². The van der Waals surface area contributed by atoms with Gasteiger partial charge in [-0.05, 0) is 83.6 Å². The van der Waals surface area contributed by atoms with E-state index >= 15 is 0 Å². The maximum Gasteiger partial charge on any atom is 0.312 e. The van der Waals surface area contributed by atoms with E-state index < -0.39 is 35.0 Å². The number of hydrogen-bond donors (Lipinski definition) is 2. The lowest BCUT2D eigenvalue weighted by molar-refractivity contribution is -0.160. The minimum atomic E-state index is -1.06. The van der Waals surface area contributed by atoms with Crippen LogP contribution in [0.15, 0.2) is 24.3 Å². The minimum Gasteiger partial charge on any atom is -0.466 e. The van der Waals surface area contributed by atoms with Crippen molar-refractivity contribution in [3.05, 3.63) is 24.3 Å². The number of benzene rings is 1. The van der Waals surface area contributed by atoms with Crippen LogP contribution in [0.1, 0.15) is 66.2 Å². The van der Waals surface area contributed by atoms with Crippen molar-refractivity contribution in [3.63, 3.8) is 0 Å². The van der Waals surface area contributed by atoms with Crippen LogP contribution >= 0.6 is 0 Å². The number of ether oxygens (including phenoxy) is 2. The first-order chi connectivity index (χ1) is 18.3. The second kappa shape index (κ2) is 11.6. The van der Waals surface area contributed by atoms with E-state index in [2.05, 4.69) is 24.1 Å². The van der Waals surface area contributed by atoms with E-state index in [1.165, 1.54) is 0 Å². The Balaban J connectivity index is 1.65. The summed E-state index contributed by atoms with van der Waals surface area (Å²) in [4.78, 5) is 45.0. The van der Waals surface area contributed by atoms with Crippen molar-refractivity contribution in [2.45, 2.75) is 83.5 Å². The first kappa shape index (κ1) is 28.4. The molecule has 3 aliphatic rings. The molecule has 2 bridgehead atoms. The highest BCUT2D eigenvalue weighted by Crippen LogP contribution is 2.64. The predicted octanol–water partition coefficient (Wildman–Crippen LogP) is 3.35. The molecule has 9 heteroatoms. The van der Waals surface area contributed by atoms with Crippen molar-refractivity contribution >= 4 is 29.2 Å². The number of aliphatic hydroxyl groups is 1. The van der Waals surface area contributed by atoms with Crippen LogP contribution in [0.5, 0.6) is 0 Å². The van der Waals surface area contributed by atoms with Crippen LogP contribution in [0.4, 0.5) is 11.4 Å². The van der Waals surface area contributed by atoms with Gasteiger partial charge in [-0.15, -0.1) is 0 Å². The second-order valence-electron chi connectivity index (χ2n) is 10.6. The Kier molecular flexibility index (Phi) is 8.67. The Morgan fingerprint density at radius 2 is 1.82 bits per heavy atom. The molecule has 9 nitrogen and oxygen atoms in total. The summed E-state index contributed by atoms with van der Waals surface area (Å²) in [6, 6.07) is 6.88. The van der Waals surface area contributed by atoms with Crippen molar-refractivity contribution in [2.75, 3.05) is 43.1 Å². The summed E-state index contributed by atoms with van der Waals surface area (Å²) < 4.78 is 12.1. The van der Waals surface area contributed by atoms with Gasteiger partial charge < -0.3 is 29.7 Å². The smallest absolute Gasteiger partial charge is 0.312 e. The second-order valence-corrected chi connectivity index (χ2v) is 10.6. The summed E-state index contributed by atoms with van der Waals surface area (Å²) in [6.45, 7) is 10.4. The Labute approximate surface area is 225 Å². The fourth-order valence-corrected chi connectivity index (χ4v) is 6.98. The Hall–Kier alpha value is -2.65. The molecule has 1 aromatic carbocycles. The summed E-state index contributed by atoms with van der Waals surface area (Å²) in [7, 11) is 0. The number of carbonyl (C=O) groups is 3. The molecule has 2 N–H and O–H groups in total. The van der Waals surface area contributed by atoms with Crippen LogP contribution < -0.4 is 10.2 Å². The van der Waals surface area contributed by atoms with Gasteiger partial charge in [0, 0.05) is 37.6 Å². The van der Waals surface area contributed by atoms with E-state index in [-0.39, 0.29) is 25.0 Å². The van der Waals surface area contributed by atoms with E-state index in [1.54, 1.807) is 11.8 Å². The lowest BCUT2D eigenvalue weighted by Gasteiger charge is -2.33. The molecular weight excluding hydrogens is 486 g/mol. The van der Waals surface area contributed by atoms with Crippen molar-refractivity contribution < 1.29 is 29.0 Å². The number of aliphatic hydroxyl groups excluding tert-OH is 1. The van der Waals surface area contributed by atoms with Gasteiger partial charge in [0.25, 0.3) is 0 Å². The summed E-state index contributed by atoms with van der Waals surface area (Å²) >= 11 is 0. The van der Waals surface area contributed by atoms with Gasteiger partial charge >= 0.3 is 5.97 Å². The molecule has 3 saturated heterocycles. The van der Waals surface area contributed by atoms with Crippen molar-refractivity contribution in [2.24, 2.45) is 11.8 Å². The first-order valence-electron chi connectivity index (χ1n) is 14.3. The van der Waals surface area contributed by atoms with Gasteiger partial charge in [0.1, 0.15) is 17.6 Å². The van der Waals surface area contributed by atoms with E-state index in [1.807, 2.05) is 31.2 Å². The zero-order chi connectivity index (χ0) is 27.5. The fourth-order valence-electron chi connectivity index (χ4n) is 6.98. The van der Waals surface area contributed by atoms with E-state index in [0.717, 1.165) is 25.2 Å². The van der Waals surface area contributed by atoms with Crippen molar-refractivity contribution in [1.82, 2.24) is 4.90 Å². The third kappa shape index (κ3) is 4.68. The van der Waals surface area contributed by atoms with Gasteiger partial charge in [-0.1, -0.05) is 6.92 Å². The number of nitrogens with one attached hydrogen (secondary N) is 1. The van der Waals surface area contributed by atoms with Crippen LogP contribution in [-0.4, -0.2) is 77.9 Å². The highest BCUT2D eigenvalue weighted by molar-refractivity contribution is 6.03. The van der Waals surface area contributed by atoms with Crippen LogP contribution in [-0.2, 0) is 23.9 Å². The number of fused-ring (bicyclic) bond motifs is 1. The number of likely N-dealkylation sites (tertiary alicyclic amines) is 1. The Morgan fingerprint density at radius 1 is 1.11 bits per heavy atom. The average Bonchev–Trinajstić information content (AvgIpc) is 3.52. The van der Waals surface area contributed by atoms with Gasteiger partial charge in [-0.25, -0.2) is 0 Å². The largest absolute Gasteiger partial charge is 0.466 e. The number of amides is 2. The Bertz CT molecular complexity index is 1010. The Morgan fingerprint density at radius 3 is 2.42 bits per heavy atom. The fraction of sp³-hybridized carbons (Fsp3) is 0.690. The molecular formula is C29H43N3O6. The lowest BCUT2D eigenvalue weighted by Crippen LogP contribution is -2.53. The number of rotatable bonds is 13. The first-order valence-corrected chi connectivity index (χ1v) is 14.3. The van der Waals surface area contributed by atoms with Gasteiger partial charge in [-0.2, -0.15) is 0 Å². The highest BCUT2D eigenvalue weighted by Gasteiger charge is 2.78. The van der Waals surface area contributed by atoms with E-state index in [0.29, 0.717) is 44.3 Å². The molecule has 38 heavy (non-hydrogen) atoms. The summed E-state index contributed by atoms with van der Waals surface area (Å²) in [5, 5.41) is 12.2. The van der Waals surface area contributed by atoms with Gasteiger partial charge in [0.15, 0.2) is 0 Å². The molecule has 2 amide bonds. The number of hydrogen-bond acceptors (Lipinski definition) is 7. The topological polar surface area (TPSA) is 108 Å². The number of carbonyl (C=O) groups excluding carboxylic acids is 3. The molecule has 3 fully saturated rings. The van der Waals surface area contributed by atoms with Crippen LogP contribution in [0.3, 0.4) is 0 Å². The maximum atomic E-state index is 14.0. The molecule has 0 aliphatic carbocycles. The monoisotopic (exact) mass is 529 g/mol. The average molecular weight is 530 g/mol.